The Morgan fingerprint density at radius 1 is 1.00 bits per heavy atom. The van der Waals surface area contributed by atoms with E-state index in [1.54, 1.807) is 33.8 Å². The molecule has 1 N–H and O–H groups in total. The van der Waals surface area contributed by atoms with Crippen LogP contribution in [-0.2, 0) is 9.53 Å². The highest BCUT2D eigenvalue weighted by Crippen LogP contribution is 2.41. The Morgan fingerprint density at radius 2 is 1.60 bits per heavy atom. The summed E-state index contributed by atoms with van der Waals surface area (Å²) in [7, 11) is -0.522. The number of carbonyl (C=O) groups is 2. The molecule has 3 aromatic rings. The summed E-state index contributed by atoms with van der Waals surface area (Å²) >= 11 is 0. The molecule has 3 rings (SSSR count). The van der Waals surface area contributed by atoms with Crippen LogP contribution in [0, 0.1) is 25.3 Å². The molecule has 0 aliphatic carbocycles. The van der Waals surface area contributed by atoms with Gasteiger partial charge < -0.3 is 14.5 Å². The van der Waals surface area contributed by atoms with Crippen molar-refractivity contribution in [1.82, 2.24) is 19.9 Å². The lowest BCUT2D eigenvalue weighted by molar-refractivity contribution is -0.120. The SMILES string of the molecule is Cc1oc2ncnc(-c3cc(C#C[Si](C(C)C)(C(C)C)C(C)C)nc(NC(=O)C(C)N(C)C(=O)OC(C)(C)C)c3)c2c1C. The van der Waals surface area contributed by atoms with Gasteiger partial charge in [-0.3, -0.25) is 9.69 Å². The van der Waals surface area contributed by atoms with Crippen LogP contribution in [0.25, 0.3) is 22.4 Å². The number of aryl methyl sites for hydroxylation is 2. The number of amides is 2. The number of nitrogens with one attached hydrogen (secondary N) is 1. The molecular weight excluding hydrogens is 558 g/mol. The lowest BCUT2D eigenvalue weighted by Gasteiger charge is -2.38. The number of rotatable bonds is 7. The molecule has 3 heterocycles. The first-order chi connectivity index (χ1) is 19.9. The summed E-state index contributed by atoms with van der Waals surface area (Å²) in [6.07, 6.45) is 0.880. The molecule has 0 aromatic carbocycles. The van der Waals surface area contributed by atoms with Crippen molar-refractivity contribution in [2.75, 3.05) is 12.4 Å². The maximum Gasteiger partial charge on any atom is 0.410 e. The Kier molecular flexibility index (Phi) is 10.1. The lowest BCUT2D eigenvalue weighted by Crippen LogP contribution is -2.45. The Labute approximate surface area is 257 Å². The Morgan fingerprint density at radius 3 is 2.16 bits per heavy atom. The number of anilines is 1. The zero-order valence-corrected chi connectivity index (χ0v) is 29.0. The van der Waals surface area contributed by atoms with Gasteiger partial charge >= 0.3 is 6.09 Å². The van der Waals surface area contributed by atoms with E-state index >= 15 is 0 Å². The minimum atomic E-state index is -2.06. The summed E-state index contributed by atoms with van der Waals surface area (Å²) in [6, 6.07) is 2.86. The average Bonchev–Trinajstić information content (AvgIpc) is 3.19. The van der Waals surface area contributed by atoms with Crippen molar-refractivity contribution in [2.24, 2.45) is 0 Å². The highest BCUT2D eigenvalue weighted by atomic mass is 28.3. The van der Waals surface area contributed by atoms with Crippen LogP contribution in [0.2, 0.25) is 16.6 Å². The summed E-state index contributed by atoms with van der Waals surface area (Å²) in [5, 5.41) is 3.70. The molecule has 0 spiro atoms. The van der Waals surface area contributed by atoms with E-state index in [9.17, 15) is 9.59 Å². The zero-order chi connectivity index (χ0) is 32.4. The molecular formula is C33H47N5O4Si. The van der Waals surface area contributed by atoms with E-state index in [2.05, 4.69) is 68.3 Å². The molecule has 10 heteroatoms. The van der Waals surface area contributed by atoms with Gasteiger partial charge in [-0.25, -0.2) is 19.7 Å². The molecule has 2 amide bonds. The fourth-order valence-corrected chi connectivity index (χ4v) is 10.9. The summed E-state index contributed by atoms with van der Waals surface area (Å²) in [5.74, 6) is 4.08. The third-order valence-electron chi connectivity index (χ3n) is 8.23. The first kappa shape index (κ1) is 33.8. The van der Waals surface area contributed by atoms with Gasteiger partial charge in [-0.1, -0.05) is 47.5 Å². The summed E-state index contributed by atoms with van der Waals surface area (Å²) in [5.41, 5.74) is 7.76. The van der Waals surface area contributed by atoms with E-state index in [4.69, 9.17) is 14.1 Å². The van der Waals surface area contributed by atoms with Crippen LogP contribution in [0.5, 0.6) is 0 Å². The fourth-order valence-electron chi connectivity index (χ4n) is 5.70. The molecule has 1 unspecified atom stereocenters. The number of hydrogen-bond donors (Lipinski definition) is 1. The quantitative estimate of drug-likeness (QED) is 0.217. The molecule has 3 aromatic heterocycles. The summed E-state index contributed by atoms with van der Waals surface area (Å²) in [4.78, 5) is 40.9. The predicted molar refractivity (Wildman–Crippen MR) is 175 cm³/mol. The average molecular weight is 606 g/mol. The first-order valence-electron chi connectivity index (χ1n) is 14.9. The van der Waals surface area contributed by atoms with Gasteiger partial charge in [-0.15, -0.1) is 5.54 Å². The minimum absolute atomic E-state index is 0.312. The van der Waals surface area contributed by atoms with E-state index in [0.717, 1.165) is 22.3 Å². The van der Waals surface area contributed by atoms with Gasteiger partial charge in [0.2, 0.25) is 11.6 Å². The summed E-state index contributed by atoms with van der Waals surface area (Å²) < 4.78 is 11.3. The van der Waals surface area contributed by atoms with Crippen LogP contribution in [0.1, 0.15) is 86.3 Å². The van der Waals surface area contributed by atoms with Crippen molar-refractivity contribution in [1.29, 1.82) is 0 Å². The molecule has 1 atom stereocenters. The molecule has 0 saturated carbocycles. The number of fused-ring (bicyclic) bond motifs is 1. The van der Waals surface area contributed by atoms with Crippen molar-refractivity contribution in [2.45, 2.75) is 111 Å². The third kappa shape index (κ3) is 7.27. The minimum Gasteiger partial charge on any atom is -0.444 e. The molecule has 0 aliphatic heterocycles. The number of furan rings is 1. The van der Waals surface area contributed by atoms with Crippen molar-refractivity contribution < 1.29 is 18.7 Å². The lowest BCUT2D eigenvalue weighted by atomic mass is 10.1. The van der Waals surface area contributed by atoms with E-state index in [1.807, 2.05) is 19.9 Å². The monoisotopic (exact) mass is 605 g/mol. The van der Waals surface area contributed by atoms with Gasteiger partial charge in [0.05, 0.1) is 11.1 Å². The Balaban J connectivity index is 2.14. The molecule has 0 bridgehead atoms. The molecule has 9 nitrogen and oxygen atoms in total. The van der Waals surface area contributed by atoms with Crippen molar-refractivity contribution in [3.63, 3.8) is 0 Å². The van der Waals surface area contributed by atoms with Crippen molar-refractivity contribution in [3.8, 4) is 22.7 Å². The topological polar surface area (TPSA) is 110 Å². The molecule has 0 saturated heterocycles. The van der Waals surface area contributed by atoms with Gasteiger partial charge in [-0.2, -0.15) is 0 Å². The van der Waals surface area contributed by atoms with E-state index in [-0.39, 0.29) is 0 Å². The molecule has 43 heavy (non-hydrogen) atoms. The van der Waals surface area contributed by atoms with E-state index < -0.39 is 31.7 Å². The van der Waals surface area contributed by atoms with E-state index in [1.165, 1.54) is 18.3 Å². The number of nitrogens with zero attached hydrogens (tertiary/aromatic N) is 4. The van der Waals surface area contributed by atoms with Crippen LogP contribution in [0.3, 0.4) is 0 Å². The number of aromatic nitrogens is 3. The number of carbonyl (C=O) groups excluding carboxylic acids is 2. The Hall–Kier alpha value is -3.71. The van der Waals surface area contributed by atoms with Crippen LogP contribution in [0.4, 0.5) is 10.6 Å². The molecule has 0 fully saturated rings. The van der Waals surface area contributed by atoms with Gasteiger partial charge in [0.1, 0.15) is 43.3 Å². The normalized spacial score (nSPS) is 12.8. The number of likely N-dealkylation sites (N-methyl/N-ethyl adjacent to an activating group) is 1. The second-order valence-corrected chi connectivity index (χ2v) is 18.8. The van der Waals surface area contributed by atoms with Gasteiger partial charge in [0, 0.05) is 18.2 Å². The molecule has 0 aliphatic rings. The Bertz CT molecular complexity index is 1540. The maximum atomic E-state index is 13.4. The van der Waals surface area contributed by atoms with Crippen LogP contribution < -0.4 is 5.32 Å². The van der Waals surface area contributed by atoms with Crippen LogP contribution in [0.15, 0.2) is 22.9 Å². The van der Waals surface area contributed by atoms with Crippen molar-refractivity contribution >= 4 is 37.0 Å². The smallest absolute Gasteiger partial charge is 0.410 e. The fraction of sp³-hybridized carbons (Fsp3) is 0.545. The second-order valence-electron chi connectivity index (χ2n) is 13.2. The third-order valence-corrected chi connectivity index (χ3v) is 14.5. The number of hydrogen-bond acceptors (Lipinski definition) is 7. The van der Waals surface area contributed by atoms with Gasteiger partial charge in [0.15, 0.2) is 0 Å². The largest absolute Gasteiger partial charge is 0.444 e. The zero-order valence-electron chi connectivity index (χ0n) is 28.0. The van der Waals surface area contributed by atoms with Crippen molar-refractivity contribution in [3.05, 3.63) is 35.5 Å². The second kappa shape index (κ2) is 12.9. The first-order valence-corrected chi connectivity index (χ1v) is 17.1. The number of pyridine rings is 1. The van der Waals surface area contributed by atoms with Gasteiger partial charge in [0.25, 0.3) is 0 Å². The molecule has 232 valence electrons. The van der Waals surface area contributed by atoms with E-state index in [0.29, 0.717) is 39.5 Å². The van der Waals surface area contributed by atoms with Crippen LogP contribution in [-0.4, -0.2) is 58.6 Å². The highest BCUT2D eigenvalue weighted by Gasteiger charge is 2.41. The molecule has 0 radical (unpaired) electrons. The predicted octanol–water partition coefficient (Wildman–Crippen LogP) is 7.67. The summed E-state index contributed by atoms with van der Waals surface area (Å²) in [6.45, 7) is 24.4. The standard InChI is InChI=1S/C33H47N5O4Si/c1-19(2)43(20(3)4,21(5)6)15-14-26-16-25(29-28-22(7)24(9)41-31(28)35-18-34-29)17-27(36-26)37-30(39)23(8)38(13)32(40)42-33(10,11)12/h16-21,23H,1-13H3,(H,36,37,39). The maximum absolute atomic E-state index is 13.4. The van der Waals surface area contributed by atoms with Crippen LogP contribution >= 0.6 is 0 Å². The van der Waals surface area contributed by atoms with Gasteiger partial charge in [-0.05, 0) is 70.3 Å². The number of ether oxygens (including phenoxy) is 1. The highest BCUT2D eigenvalue weighted by molar-refractivity contribution is 6.90.